The van der Waals surface area contributed by atoms with E-state index in [-0.39, 0.29) is 0 Å². The fourth-order valence-corrected chi connectivity index (χ4v) is 3.25. The van der Waals surface area contributed by atoms with E-state index < -0.39 is 0 Å². The average molecular weight is 321 g/mol. The van der Waals surface area contributed by atoms with Crippen LogP contribution < -0.4 is 10.6 Å². The maximum atomic E-state index is 6.32. The van der Waals surface area contributed by atoms with Gasteiger partial charge in [-0.15, -0.1) is 0 Å². The van der Waals surface area contributed by atoms with Crippen molar-refractivity contribution < 1.29 is 0 Å². The molecule has 1 atom stereocenters. The van der Waals surface area contributed by atoms with E-state index in [0.29, 0.717) is 17.4 Å². The molecule has 4 rings (SSSR count). The molecule has 2 N–H and O–H groups in total. The van der Waals surface area contributed by atoms with Crippen LogP contribution in [0.4, 0.5) is 11.5 Å². The summed E-state index contributed by atoms with van der Waals surface area (Å²) in [6.45, 7) is 1.90. The first-order valence-electron chi connectivity index (χ1n) is 8.05. The highest BCUT2D eigenvalue weighted by Gasteiger charge is 2.26. The van der Waals surface area contributed by atoms with Gasteiger partial charge in [0.2, 0.25) is 0 Å². The maximum absolute atomic E-state index is 6.32. The fraction of sp³-hybridized carbons (Fsp3) is 0.294. The van der Waals surface area contributed by atoms with Crippen molar-refractivity contribution >= 4 is 11.5 Å². The lowest BCUT2D eigenvalue weighted by Gasteiger charge is -2.20. The zero-order valence-corrected chi connectivity index (χ0v) is 13.3. The molecule has 1 aliphatic rings. The van der Waals surface area contributed by atoms with Crippen LogP contribution in [0.15, 0.2) is 49.3 Å². The van der Waals surface area contributed by atoms with E-state index in [1.54, 1.807) is 17.2 Å². The fourth-order valence-electron chi connectivity index (χ4n) is 3.25. The van der Waals surface area contributed by atoms with Gasteiger partial charge in [-0.25, -0.2) is 14.6 Å². The third-order valence-electron chi connectivity index (χ3n) is 4.42. The van der Waals surface area contributed by atoms with Crippen LogP contribution in [-0.2, 0) is 6.42 Å². The molecule has 0 aliphatic carbocycles. The Balaban J connectivity index is 1.52. The lowest BCUT2D eigenvalue weighted by molar-refractivity contribution is 0.586. The number of aromatic nitrogens is 5. The van der Waals surface area contributed by atoms with Gasteiger partial charge in [0.05, 0.1) is 0 Å². The third-order valence-corrected chi connectivity index (χ3v) is 4.42. The number of hydrogen-bond acceptors (Lipinski definition) is 6. The molecule has 1 unspecified atom stereocenters. The van der Waals surface area contributed by atoms with E-state index in [1.807, 2.05) is 24.7 Å². The van der Waals surface area contributed by atoms with Gasteiger partial charge in [-0.3, -0.25) is 4.98 Å². The number of hydrogen-bond donors (Lipinski definition) is 1. The molecule has 0 radical (unpaired) electrons. The molecule has 0 amide bonds. The molecule has 3 aromatic heterocycles. The average Bonchev–Trinajstić information content (AvgIpc) is 3.28. The summed E-state index contributed by atoms with van der Waals surface area (Å²) in [4.78, 5) is 15.0. The summed E-state index contributed by atoms with van der Waals surface area (Å²) in [7, 11) is 0. The molecule has 3 aromatic rings. The Morgan fingerprint density at radius 2 is 1.96 bits per heavy atom. The first kappa shape index (κ1) is 14.6. The smallest absolute Gasteiger partial charge is 0.181 e. The molecule has 1 aliphatic heterocycles. The van der Waals surface area contributed by atoms with Gasteiger partial charge in [0.25, 0.3) is 0 Å². The third kappa shape index (κ3) is 2.80. The minimum absolute atomic E-state index is 0.575. The summed E-state index contributed by atoms with van der Waals surface area (Å²) < 4.78 is 1.67. The highest BCUT2D eigenvalue weighted by Crippen LogP contribution is 2.30. The Labute approximate surface area is 140 Å². The molecule has 122 valence electrons. The van der Waals surface area contributed by atoms with Crippen LogP contribution in [0.3, 0.4) is 0 Å². The summed E-state index contributed by atoms with van der Waals surface area (Å²) in [5.74, 6) is 2.02. The van der Waals surface area contributed by atoms with Crippen LogP contribution in [0.5, 0.6) is 0 Å². The number of nitrogen functional groups attached to an aromatic ring is 1. The Hall–Kier alpha value is -2.96. The molecule has 0 saturated carbocycles. The monoisotopic (exact) mass is 321 g/mol. The molecule has 0 spiro atoms. The van der Waals surface area contributed by atoms with Crippen molar-refractivity contribution in [3.8, 4) is 5.82 Å². The number of pyridine rings is 1. The van der Waals surface area contributed by atoms with Crippen molar-refractivity contribution in [2.24, 2.45) is 5.92 Å². The predicted molar refractivity (Wildman–Crippen MR) is 91.8 cm³/mol. The lowest BCUT2D eigenvalue weighted by atomic mass is 10.00. The van der Waals surface area contributed by atoms with Crippen molar-refractivity contribution in [2.75, 3.05) is 23.7 Å². The molecule has 7 heteroatoms. The van der Waals surface area contributed by atoms with Gasteiger partial charge in [-0.2, -0.15) is 5.10 Å². The summed E-state index contributed by atoms with van der Waals surface area (Å²) >= 11 is 0. The van der Waals surface area contributed by atoms with E-state index in [2.05, 4.69) is 37.1 Å². The Morgan fingerprint density at radius 3 is 2.75 bits per heavy atom. The van der Waals surface area contributed by atoms with Crippen LogP contribution in [0, 0.1) is 5.92 Å². The number of rotatable bonds is 4. The largest absolute Gasteiger partial charge is 0.393 e. The zero-order chi connectivity index (χ0) is 16.4. The molecule has 0 bridgehead atoms. The summed E-state index contributed by atoms with van der Waals surface area (Å²) in [5.41, 5.74) is 8.22. The number of nitrogens with two attached hydrogens (primary N) is 1. The van der Waals surface area contributed by atoms with E-state index >= 15 is 0 Å². The lowest BCUT2D eigenvalue weighted by Crippen LogP contribution is -2.23. The van der Waals surface area contributed by atoms with E-state index in [1.165, 1.54) is 5.56 Å². The first-order valence-corrected chi connectivity index (χ1v) is 8.05. The van der Waals surface area contributed by atoms with Gasteiger partial charge < -0.3 is 10.6 Å². The van der Waals surface area contributed by atoms with Gasteiger partial charge in [-0.05, 0) is 42.5 Å². The maximum Gasteiger partial charge on any atom is 0.181 e. The molecular weight excluding hydrogens is 302 g/mol. The normalized spacial score (nSPS) is 17.3. The second kappa shape index (κ2) is 6.27. The Bertz CT molecular complexity index is 801. The quantitative estimate of drug-likeness (QED) is 0.787. The van der Waals surface area contributed by atoms with Gasteiger partial charge in [-0.1, -0.05) is 0 Å². The topological polar surface area (TPSA) is 85.8 Å². The van der Waals surface area contributed by atoms with Crippen molar-refractivity contribution in [1.82, 2.24) is 24.7 Å². The summed E-state index contributed by atoms with van der Waals surface area (Å²) in [5, 5.41) is 4.21. The van der Waals surface area contributed by atoms with Crippen LogP contribution >= 0.6 is 0 Å². The SMILES string of the molecule is Nc1c(N2CCC(Cc3ccncc3)C2)ncnc1-n1cccn1. The highest BCUT2D eigenvalue weighted by molar-refractivity contribution is 5.70. The van der Waals surface area contributed by atoms with Crippen LogP contribution in [0.25, 0.3) is 5.82 Å². The van der Waals surface area contributed by atoms with Crippen molar-refractivity contribution in [3.05, 3.63) is 54.9 Å². The van der Waals surface area contributed by atoms with E-state index in [4.69, 9.17) is 5.73 Å². The highest BCUT2D eigenvalue weighted by atomic mass is 15.3. The molecule has 1 saturated heterocycles. The van der Waals surface area contributed by atoms with Crippen molar-refractivity contribution in [3.63, 3.8) is 0 Å². The second-order valence-corrected chi connectivity index (χ2v) is 6.05. The molecular formula is C17H19N7. The first-order chi connectivity index (χ1) is 11.8. The minimum atomic E-state index is 0.575. The molecule has 7 nitrogen and oxygen atoms in total. The zero-order valence-electron chi connectivity index (χ0n) is 13.3. The predicted octanol–water partition coefficient (Wildman–Crippen LogP) is 1.71. The number of nitrogens with zero attached hydrogens (tertiary/aromatic N) is 6. The standard InChI is InChI=1S/C17H19N7/c18-15-16(20-12-21-17(15)24-8-1-5-22-24)23-9-4-14(11-23)10-13-2-6-19-7-3-13/h1-3,5-8,12,14H,4,9-11,18H2. The number of anilines is 2. The van der Waals surface area contributed by atoms with Crippen LogP contribution in [0.1, 0.15) is 12.0 Å². The van der Waals surface area contributed by atoms with Crippen molar-refractivity contribution in [2.45, 2.75) is 12.8 Å². The minimum Gasteiger partial charge on any atom is -0.393 e. The van der Waals surface area contributed by atoms with Crippen molar-refractivity contribution in [1.29, 1.82) is 0 Å². The van der Waals surface area contributed by atoms with Gasteiger partial charge in [0, 0.05) is 37.9 Å². The van der Waals surface area contributed by atoms with E-state index in [0.717, 1.165) is 31.7 Å². The molecule has 0 aromatic carbocycles. The Morgan fingerprint density at radius 1 is 1.12 bits per heavy atom. The summed E-state index contributed by atoms with van der Waals surface area (Å²) in [6.07, 6.45) is 11.0. The van der Waals surface area contributed by atoms with E-state index in [9.17, 15) is 0 Å². The molecule has 4 heterocycles. The van der Waals surface area contributed by atoms with Gasteiger partial charge in [0.15, 0.2) is 11.6 Å². The molecule has 1 fully saturated rings. The molecule has 24 heavy (non-hydrogen) atoms. The van der Waals surface area contributed by atoms with Crippen LogP contribution in [0.2, 0.25) is 0 Å². The second-order valence-electron chi connectivity index (χ2n) is 6.05. The van der Waals surface area contributed by atoms with Crippen LogP contribution in [-0.4, -0.2) is 37.8 Å². The Kier molecular flexibility index (Phi) is 3.82. The van der Waals surface area contributed by atoms with Gasteiger partial charge >= 0.3 is 0 Å². The van der Waals surface area contributed by atoms with Gasteiger partial charge in [0.1, 0.15) is 12.0 Å². The summed E-state index contributed by atoms with van der Waals surface area (Å²) in [6, 6.07) is 6.01.